The fourth-order valence-electron chi connectivity index (χ4n) is 2.73. The summed E-state index contributed by atoms with van der Waals surface area (Å²) in [4.78, 5) is 27.9. The highest BCUT2D eigenvalue weighted by molar-refractivity contribution is 7.71. The molecule has 2 N–H and O–H groups in total. The van der Waals surface area contributed by atoms with Crippen molar-refractivity contribution in [2.24, 2.45) is 0 Å². The lowest BCUT2D eigenvalue weighted by molar-refractivity contribution is 0.0951. The van der Waals surface area contributed by atoms with Crippen LogP contribution in [0.3, 0.4) is 0 Å². The van der Waals surface area contributed by atoms with Gasteiger partial charge in [-0.05, 0) is 48.1 Å². The minimum absolute atomic E-state index is 0.228. The number of amides is 1. The number of nitrogens with zero attached hydrogens (tertiary/aromatic N) is 2. The summed E-state index contributed by atoms with van der Waals surface area (Å²) in [5.41, 5.74) is 2.05. The molecule has 0 unspecified atom stereocenters. The number of nitriles is 1. The van der Waals surface area contributed by atoms with Gasteiger partial charge in [-0.2, -0.15) is 5.26 Å². The van der Waals surface area contributed by atoms with Crippen LogP contribution in [0, 0.1) is 16.1 Å². The monoisotopic (exact) mass is 376 g/mol. The fraction of sp³-hybridized carbons (Fsp3) is 0.100. The third-order valence-electron chi connectivity index (χ3n) is 4.06. The van der Waals surface area contributed by atoms with Gasteiger partial charge in [-0.3, -0.25) is 14.2 Å². The normalized spacial score (nSPS) is 10.3. The van der Waals surface area contributed by atoms with Gasteiger partial charge in [0.15, 0.2) is 4.77 Å². The number of nitrogens with one attached hydrogen (secondary N) is 2. The Morgan fingerprint density at radius 2 is 2.15 bits per heavy atom. The van der Waals surface area contributed by atoms with Crippen LogP contribution in [0.15, 0.2) is 59.9 Å². The van der Waals surface area contributed by atoms with Crippen LogP contribution in [-0.2, 0) is 13.1 Å². The molecule has 3 aromatic rings. The van der Waals surface area contributed by atoms with Crippen LogP contribution in [0.1, 0.15) is 21.5 Å². The molecule has 6 nitrogen and oxygen atoms in total. The van der Waals surface area contributed by atoms with Gasteiger partial charge in [-0.15, -0.1) is 6.58 Å². The Bertz CT molecular complexity index is 1200. The van der Waals surface area contributed by atoms with E-state index < -0.39 is 0 Å². The van der Waals surface area contributed by atoms with Crippen molar-refractivity contribution in [1.82, 2.24) is 14.9 Å². The number of allylic oxidation sites excluding steroid dienone is 1. The molecule has 1 heterocycles. The van der Waals surface area contributed by atoms with E-state index in [1.807, 2.05) is 6.07 Å². The van der Waals surface area contributed by atoms with Crippen LogP contribution < -0.4 is 10.9 Å². The first-order chi connectivity index (χ1) is 13.0. The number of aromatic amines is 1. The topological polar surface area (TPSA) is 90.7 Å². The van der Waals surface area contributed by atoms with Crippen molar-refractivity contribution < 1.29 is 4.79 Å². The molecule has 0 aliphatic heterocycles. The van der Waals surface area contributed by atoms with Gasteiger partial charge in [0.25, 0.3) is 11.5 Å². The van der Waals surface area contributed by atoms with Crippen molar-refractivity contribution in [3.63, 3.8) is 0 Å². The van der Waals surface area contributed by atoms with Gasteiger partial charge in [-0.1, -0.05) is 18.2 Å². The number of fused-ring (bicyclic) bond motifs is 1. The molecule has 134 valence electrons. The van der Waals surface area contributed by atoms with E-state index in [-0.39, 0.29) is 16.2 Å². The number of carbonyl (C=O) groups is 1. The molecule has 7 heteroatoms. The van der Waals surface area contributed by atoms with Crippen LogP contribution in [0.5, 0.6) is 0 Å². The average molecular weight is 376 g/mol. The molecule has 0 aliphatic carbocycles. The Hall–Kier alpha value is -3.50. The van der Waals surface area contributed by atoms with Gasteiger partial charge in [-0.25, -0.2) is 0 Å². The van der Waals surface area contributed by atoms with Gasteiger partial charge in [0.1, 0.15) is 0 Å². The van der Waals surface area contributed by atoms with E-state index in [2.05, 4.69) is 22.9 Å². The molecule has 0 bridgehead atoms. The van der Waals surface area contributed by atoms with Gasteiger partial charge in [0.05, 0.1) is 22.5 Å². The van der Waals surface area contributed by atoms with Crippen molar-refractivity contribution in [3.8, 4) is 6.07 Å². The average Bonchev–Trinajstić information content (AvgIpc) is 2.69. The first-order valence-corrected chi connectivity index (χ1v) is 8.59. The molecule has 0 saturated heterocycles. The third kappa shape index (κ3) is 3.86. The van der Waals surface area contributed by atoms with Crippen molar-refractivity contribution in [3.05, 3.63) is 86.9 Å². The molecule has 0 spiro atoms. The predicted octanol–water partition coefficient (Wildman–Crippen LogP) is 3.05. The fourth-order valence-corrected chi connectivity index (χ4v) is 2.99. The van der Waals surface area contributed by atoms with Crippen LogP contribution >= 0.6 is 12.2 Å². The van der Waals surface area contributed by atoms with Crippen molar-refractivity contribution in [2.75, 3.05) is 0 Å². The Labute approximate surface area is 160 Å². The maximum absolute atomic E-state index is 12.5. The lowest BCUT2D eigenvalue weighted by atomic mass is 10.1. The molecule has 3 rings (SSSR count). The van der Waals surface area contributed by atoms with Crippen LogP contribution in [-0.4, -0.2) is 15.5 Å². The minimum Gasteiger partial charge on any atom is -0.348 e. The lowest BCUT2D eigenvalue weighted by Crippen LogP contribution is -2.24. The second kappa shape index (κ2) is 7.81. The first-order valence-electron chi connectivity index (χ1n) is 8.18. The Kier molecular flexibility index (Phi) is 5.29. The second-order valence-electron chi connectivity index (χ2n) is 5.89. The Balaban J connectivity index is 1.86. The Morgan fingerprint density at radius 3 is 2.89 bits per heavy atom. The highest BCUT2D eigenvalue weighted by Gasteiger charge is 2.10. The predicted molar refractivity (Wildman–Crippen MR) is 106 cm³/mol. The summed E-state index contributed by atoms with van der Waals surface area (Å²) in [7, 11) is 0. The maximum Gasteiger partial charge on any atom is 0.262 e. The molecule has 0 fully saturated rings. The number of rotatable bonds is 5. The molecule has 0 radical (unpaired) electrons. The van der Waals surface area contributed by atoms with E-state index in [0.29, 0.717) is 35.1 Å². The van der Waals surface area contributed by atoms with Crippen molar-refractivity contribution >= 4 is 29.0 Å². The summed E-state index contributed by atoms with van der Waals surface area (Å²) < 4.78 is 1.69. The smallest absolute Gasteiger partial charge is 0.262 e. The number of benzene rings is 2. The van der Waals surface area contributed by atoms with Gasteiger partial charge in [0, 0.05) is 18.7 Å². The Morgan fingerprint density at radius 1 is 1.33 bits per heavy atom. The van der Waals surface area contributed by atoms with E-state index in [9.17, 15) is 9.59 Å². The number of hydrogen-bond acceptors (Lipinski definition) is 4. The highest BCUT2D eigenvalue weighted by Crippen LogP contribution is 2.11. The summed E-state index contributed by atoms with van der Waals surface area (Å²) in [6, 6.07) is 13.9. The van der Waals surface area contributed by atoms with Crippen LogP contribution in [0.25, 0.3) is 10.9 Å². The molecule has 0 atom stereocenters. The van der Waals surface area contributed by atoms with Crippen LogP contribution in [0.2, 0.25) is 0 Å². The van der Waals surface area contributed by atoms with E-state index in [4.69, 9.17) is 17.5 Å². The van der Waals surface area contributed by atoms with Gasteiger partial charge in [0.2, 0.25) is 0 Å². The summed E-state index contributed by atoms with van der Waals surface area (Å²) >= 11 is 5.21. The largest absolute Gasteiger partial charge is 0.348 e. The number of hydrogen-bond donors (Lipinski definition) is 2. The standard InChI is InChI=1S/C20H16N4O2S/c1-2-8-24-19(26)16-7-6-15(10-17(16)23-20(24)27)18(25)22-12-14-5-3-4-13(9-14)11-21/h2-7,9-10H,1,8,12H2,(H,22,25)(H,23,27). The van der Waals surface area contributed by atoms with E-state index in [1.165, 1.54) is 4.57 Å². The zero-order valence-corrected chi connectivity index (χ0v) is 15.2. The van der Waals surface area contributed by atoms with Gasteiger partial charge >= 0.3 is 0 Å². The maximum atomic E-state index is 12.5. The van der Waals surface area contributed by atoms with Crippen molar-refractivity contribution in [2.45, 2.75) is 13.1 Å². The molecular formula is C20H16N4O2S. The molecule has 27 heavy (non-hydrogen) atoms. The molecule has 0 aliphatic rings. The minimum atomic E-state index is -0.283. The zero-order chi connectivity index (χ0) is 19.4. The van der Waals surface area contributed by atoms with Gasteiger partial charge < -0.3 is 10.3 Å². The SMILES string of the molecule is C=CCn1c(=S)[nH]c2cc(C(=O)NCc3cccc(C#N)c3)ccc2c1=O. The lowest BCUT2D eigenvalue weighted by Gasteiger charge is -2.08. The van der Waals surface area contributed by atoms with E-state index in [1.54, 1.807) is 42.5 Å². The van der Waals surface area contributed by atoms with E-state index >= 15 is 0 Å². The van der Waals surface area contributed by atoms with Crippen molar-refractivity contribution in [1.29, 1.82) is 5.26 Å². The zero-order valence-electron chi connectivity index (χ0n) is 14.4. The summed E-state index contributed by atoms with van der Waals surface area (Å²) in [6.45, 7) is 4.23. The molecule has 1 aromatic heterocycles. The molecule has 2 aromatic carbocycles. The van der Waals surface area contributed by atoms with Crippen LogP contribution in [0.4, 0.5) is 0 Å². The second-order valence-corrected chi connectivity index (χ2v) is 6.28. The van der Waals surface area contributed by atoms with E-state index in [0.717, 1.165) is 5.56 Å². The quantitative estimate of drug-likeness (QED) is 0.529. The first kappa shape index (κ1) is 18.3. The third-order valence-corrected chi connectivity index (χ3v) is 4.39. The number of carbonyl (C=O) groups excluding carboxylic acids is 1. The summed E-state index contributed by atoms with van der Waals surface area (Å²) in [6.07, 6.45) is 1.60. The molecule has 1 amide bonds. The number of aromatic nitrogens is 2. The number of H-pyrrole nitrogens is 1. The summed E-state index contributed by atoms with van der Waals surface area (Å²) in [5, 5.41) is 12.2. The molecule has 0 saturated carbocycles. The summed E-state index contributed by atoms with van der Waals surface area (Å²) in [5.74, 6) is -0.283. The highest BCUT2D eigenvalue weighted by atomic mass is 32.1. The molecular weight excluding hydrogens is 360 g/mol.